The Morgan fingerprint density at radius 2 is 1.62 bits per heavy atom. The second-order valence-electron chi connectivity index (χ2n) is 7.80. The van der Waals surface area contributed by atoms with E-state index in [1.165, 1.54) is 12.1 Å². The Hall–Kier alpha value is -3.75. The van der Waals surface area contributed by atoms with E-state index in [0.717, 1.165) is 22.3 Å². The van der Waals surface area contributed by atoms with Gasteiger partial charge in [0.25, 0.3) is 0 Å². The lowest BCUT2D eigenvalue weighted by molar-refractivity contribution is -0.121. The molecule has 1 amide bonds. The van der Waals surface area contributed by atoms with Crippen LogP contribution in [0.1, 0.15) is 17.5 Å². The molecule has 0 radical (unpaired) electrons. The highest BCUT2D eigenvalue weighted by atomic mass is 32.2. The third kappa shape index (κ3) is 6.18. The van der Waals surface area contributed by atoms with Crippen molar-refractivity contribution < 1.29 is 13.2 Å². The Morgan fingerprint density at radius 1 is 0.882 bits per heavy atom. The molecule has 0 aliphatic heterocycles. The van der Waals surface area contributed by atoms with E-state index in [0.29, 0.717) is 13.1 Å². The van der Waals surface area contributed by atoms with Crippen molar-refractivity contribution in [2.45, 2.75) is 24.4 Å². The zero-order valence-corrected chi connectivity index (χ0v) is 19.4. The molecule has 8 heteroatoms. The summed E-state index contributed by atoms with van der Waals surface area (Å²) in [5, 5.41) is 7.13. The molecule has 1 aromatic heterocycles. The zero-order chi connectivity index (χ0) is 23.8. The maximum Gasteiger partial charge on any atom is 0.240 e. The smallest absolute Gasteiger partial charge is 0.240 e. The number of hydrogen-bond acceptors (Lipinski definition) is 4. The lowest BCUT2D eigenvalue weighted by atomic mass is 9.98. The quantitative estimate of drug-likeness (QED) is 0.367. The highest BCUT2D eigenvalue weighted by Crippen LogP contribution is 2.24. The van der Waals surface area contributed by atoms with E-state index in [4.69, 9.17) is 0 Å². The number of carbonyl (C=O) groups is 1. The second-order valence-corrected chi connectivity index (χ2v) is 9.56. The van der Waals surface area contributed by atoms with Crippen molar-refractivity contribution in [3.8, 4) is 11.1 Å². The van der Waals surface area contributed by atoms with Gasteiger partial charge in [-0.3, -0.25) is 9.48 Å². The minimum Gasteiger partial charge on any atom is -0.352 e. The van der Waals surface area contributed by atoms with Crippen LogP contribution in [0.2, 0.25) is 0 Å². The number of nitrogens with one attached hydrogen (secondary N) is 2. The minimum absolute atomic E-state index is 0.0302. The number of aromatic nitrogens is 2. The molecule has 1 heterocycles. The molecule has 34 heavy (non-hydrogen) atoms. The summed E-state index contributed by atoms with van der Waals surface area (Å²) in [6, 6.07) is 26.2. The first-order valence-electron chi connectivity index (χ1n) is 11.0. The monoisotopic (exact) mass is 474 g/mol. The maximum absolute atomic E-state index is 12.3. The molecule has 0 aliphatic rings. The van der Waals surface area contributed by atoms with Gasteiger partial charge >= 0.3 is 0 Å². The fraction of sp³-hybridized carbons (Fsp3) is 0.154. The Labute approximate surface area is 199 Å². The Balaban J connectivity index is 1.32. The van der Waals surface area contributed by atoms with Crippen LogP contribution < -0.4 is 10.0 Å². The summed E-state index contributed by atoms with van der Waals surface area (Å²) >= 11 is 0. The van der Waals surface area contributed by atoms with Gasteiger partial charge in [0.2, 0.25) is 15.9 Å². The van der Waals surface area contributed by atoms with E-state index in [2.05, 4.69) is 39.4 Å². The van der Waals surface area contributed by atoms with Crippen LogP contribution >= 0.6 is 0 Å². The molecule has 0 fully saturated rings. The molecule has 0 saturated carbocycles. The van der Waals surface area contributed by atoms with Crippen LogP contribution in [0.4, 0.5) is 0 Å². The number of benzene rings is 3. The minimum atomic E-state index is -3.62. The maximum atomic E-state index is 12.3. The summed E-state index contributed by atoms with van der Waals surface area (Å²) in [5.41, 5.74) is 4.24. The molecule has 0 spiro atoms. The summed E-state index contributed by atoms with van der Waals surface area (Å²) in [5.74, 6) is -0.222. The number of carbonyl (C=O) groups excluding carboxylic acids is 1. The van der Waals surface area contributed by atoms with Gasteiger partial charge in [-0.1, -0.05) is 66.7 Å². The molecule has 3 aromatic carbocycles. The van der Waals surface area contributed by atoms with E-state index in [-0.39, 0.29) is 23.8 Å². The van der Waals surface area contributed by atoms with Gasteiger partial charge < -0.3 is 5.32 Å². The SMILES string of the molecule is O=C(CCNS(=O)(=O)c1ccccc1)NCc1ccccc1-c1ccc(Cn2cccn2)cc1. The van der Waals surface area contributed by atoms with Crippen LogP contribution in [0.5, 0.6) is 0 Å². The van der Waals surface area contributed by atoms with Gasteiger partial charge in [-0.2, -0.15) is 5.10 Å². The first kappa shape index (κ1) is 23.4. The zero-order valence-electron chi connectivity index (χ0n) is 18.6. The highest BCUT2D eigenvalue weighted by Gasteiger charge is 2.13. The lowest BCUT2D eigenvalue weighted by Gasteiger charge is -2.12. The Kier molecular flexibility index (Phi) is 7.51. The topological polar surface area (TPSA) is 93.1 Å². The highest BCUT2D eigenvalue weighted by molar-refractivity contribution is 7.89. The number of hydrogen-bond donors (Lipinski definition) is 2. The van der Waals surface area contributed by atoms with Crippen molar-refractivity contribution in [3.05, 3.63) is 108 Å². The van der Waals surface area contributed by atoms with Gasteiger partial charge in [0.15, 0.2) is 0 Å². The molecule has 0 saturated heterocycles. The van der Waals surface area contributed by atoms with Gasteiger partial charge in [-0.15, -0.1) is 0 Å². The summed E-state index contributed by atoms with van der Waals surface area (Å²) < 4.78 is 28.9. The van der Waals surface area contributed by atoms with Crippen LogP contribution in [0.25, 0.3) is 11.1 Å². The molecular formula is C26H26N4O3S. The second kappa shape index (κ2) is 10.9. The van der Waals surface area contributed by atoms with Gasteiger partial charge in [0.1, 0.15) is 0 Å². The summed E-state index contributed by atoms with van der Waals surface area (Å²) in [6.45, 7) is 1.09. The van der Waals surface area contributed by atoms with Crippen molar-refractivity contribution in [2.75, 3.05) is 6.54 Å². The fourth-order valence-corrected chi connectivity index (χ4v) is 4.64. The number of amides is 1. The lowest BCUT2D eigenvalue weighted by Crippen LogP contribution is -2.30. The van der Waals surface area contributed by atoms with Crippen LogP contribution in [0.15, 0.2) is 102 Å². The van der Waals surface area contributed by atoms with Gasteiger partial charge in [0.05, 0.1) is 11.4 Å². The fourth-order valence-electron chi connectivity index (χ4n) is 3.59. The van der Waals surface area contributed by atoms with Crippen LogP contribution in [0, 0.1) is 0 Å². The van der Waals surface area contributed by atoms with Crippen molar-refractivity contribution in [2.24, 2.45) is 0 Å². The molecule has 4 rings (SSSR count). The predicted octanol–water partition coefficient (Wildman–Crippen LogP) is 3.58. The number of sulfonamides is 1. The summed E-state index contributed by atoms with van der Waals surface area (Å²) in [4.78, 5) is 12.5. The molecule has 0 unspecified atom stereocenters. The summed E-state index contributed by atoms with van der Waals surface area (Å²) in [7, 11) is -3.62. The van der Waals surface area contributed by atoms with E-state index < -0.39 is 10.0 Å². The van der Waals surface area contributed by atoms with Crippen LogP contribution in [-0.4, -0.2) is 30.7 Å². The van der Waals surface area contributed by atoms with Gasteiger partial charge in [-0.05, 0) is 40.5 Å². The third-order valence-electron chi connectivity index (χ3n) is 5.36. The van der Waals surface area contributed by atoms with E-state index in [9.17, 15) is 13.2 Å². The molecule has 2 N–H and O–H groups in total. The van der Waals surface area contributed by atoms with E-state index in [1.54, 1.807) is 24.4 Å². The van der Waals surface area contributed by atoms with Gasteiger partial charge in [-0.25, -0.2) is 13.1 Å². The van der Waals surface area contributed by atoms with Crippen LogP contribution in [-0.2, 0) is 27.9 Å². The predicted molar refractivity (Wildman–Crippen MR) is 131 cm³/mol. The van der Waals surface area contributed by atoms with Crippen molar-refractivity contribution in [1.82, 2.24) is 19.8 Å². The average Bonchev–Trinajstić information content (AvgIpc) is 3.37. The van der Waals surface area contributed by atoms with Crippen LogP contribution in [0.3, 0.4) is 0 Å². The van der Waals surface area contributed by atoms with E-state index >= 15 is 0 Å². The van der Waals surface area contributed by atoms with Crippen molar-refractivity contribution >= 4 is 15.9 Å². The standard InChI is InChI=1S/C26H26N4O3S/c31-26(15-17-29-34(32,33)24-8-2-1-3-9-24)27-19-23-7-4-5-10-25(23)22-13-11-21(12-14-22)20-30-18-6-16-28-30/h1-14,16,18,29H,15,17,19-20H2,(H,27,31). The van der Waals surface area contributed by atoms with Crippen molar-refractivity contribution in [3.63, 3.8) is 0 Å². The van der Waals surface area contributed by atoms with Crippen molar-refractivity contribution in [1.29, 1.82) is 0 Å². The van der Waals surface area contributed by atoms with Gasteiger partial charge in [0, 0.05) is 31.9 Å². The molecule has 0 bridgehead atoms. The molecular weight excluding hydrogens is 448 g/mol. The molecule has 0 aliphatic carbocycles. The van der Waals surface area contributed by atoms with E-state index in [1.807, 2.05) is 41.2 Å². The average molecular weight is 475 g/mol. The Morgan fingerprint density at radius 3 is 2.35 bits per heavy atom. The number of rotatable bonds is 10. The first-order chi connectivity index (χ1) is 16.5. The molecule has 4 aromatic rings. The largest absolute Gasteiger partial charge is 0.352 e. The summed E-state index contributed by atoms with van der Waals surface area (Å²) in [6.07, 6.45) is 3.74. The molecule has 7 nitrogen and oxygen atoms in total. The normalized spacial score (nSPS) is 11.3. The third-order valence-corrected chi connectivity index (χ3v) is 6.84. The number of nitrogens with zero attached hydrogens (tertiary/aromatic N) is 2. The Bertz CT molecular complexity index is 1320. The molecule has 174 valence electrons. The first-order valence-corrected chi connectivity index (χ1v) is 12.5. The molecule has 0 atom stereocenters.